The van der Waals surface area contributed by atoms with Crippen LogP contribution in [0.25, 0.3) is 11.0 Å². The van der Waals surface area contributed by atoms with Gasteiger partial charge in [-0.15, -0.1) is 0 Å². The molecular weight excluding hydrogens is 428 g/mol. The zero-order valence-corrected chi connectivity index (χ0v) is 20.4. The number of benzene rings is 2. The van der Waals surface area contributed by atoms with Gasteiger partial charge in [0.2, 0.25) is 5.76 Å². The first-order chi connectivity index (χ1) is 16.4. The summed E-state index contributed by atoms with van der Waals surface area (Å²) in [7, 11) is 0. The summed E-state index contributed by atoms with van der Waals surface area (Å²) >= 11 is 0. The summed E-state index contributed by atoms with van der Waals surface area (Å²) in [6.07, 6.45) is 1.68. The van der Waals surface area contributed by atoms with Gasteiger partial charge < -0.3 is 19.0 Å². The van der Waals surface area contributed by atoms with Crippen LogP contribution in [0.1, 0.15) is 52.7 Å². The number of fused-ring (bicyclic) bond motifs is 2. The number of carbonyl (C=O) groups excluding carboxylic acids is 1. The third kappa shape index (κ3) is 4.26. The second-order valence-electron chi connectivity index (χ2n) is 8.71. The molecule has 178 valence electrons. The molecule has 1 atom stereocenters. The van der Waals surface area contributed by atoms with Crippen molar-refractivity contribution in [1.29, 1.82) is 0 Å². The number of amides is 1. The van der Waals surface area contributed by atoms with Gasteiger partial charge in [0.25, 0.3) is 5.91 Å². The van der Waals surface area contributed by atoms with Gasteiger partial charge in [0.1, 0.15) is 17.9 Å². The van der Waals surface area contributed by atoms with E-state index in [-0.39, 0.29) is 17.1 Å². The lowest BCUT2D eigenvalue weighted by molar-refractivity contribution is 0.0708. The molecule has 3 aromatic rings. The molecule has 0 saturated carbocycles. The van der Waals surface area contributed by atoms with E-state index >= 15 is 0 Å². The molecule has 0 aliphatic carbocycles. The molecular formula is C28H32N2O4. The lowest BCUT2D eigenvalue weighted by Crippen LogP contribution is -2.37. The maximum atomic E-state index is 13.8. The Morgan fingerprint density at radius 2 is 1.85 bits per heavy atom. The summed E-state index contributed by atoms with van der Waals surface area (Å²) < 4.78 is 11.9. The predicted molar refractivity (Wildman–Crippen MR) is 135 cm³/mol. The predicted octanol–water partition coefficient (Wildman–Crippen LogP) is 4.86. The van der Waals surface area contributed by atoms with Crippen LogP contribution in [-0.2, 0) is 0 Å². The molecule has 1 unspecified atom stereocenters. The summed E-state index contributed by atoms with van der Waals surface area (Å²) in [6, 6.07) is 10.7. The Kier molecular flexibility index (Phi) is 6.89. The molecule has 1 aliphatic heterocycles. The van der Waals surface area contributed by atoms with Crippen molar-refractivity contribution in [2.24, 2.45) is 0 Å². The van der Waals surface area contributed by atoms with E-state index in [9.17, 15) is 9.59 Å². The Bertz CT molecular complexity index is 1290. The van der Waals surface area contributed by atoms with Gasteiger partial charge in [-0.2, -0.15) is 0 Å². The average Bonchev–Trinajstić information content (AvgIpc) is 3.12. The first kappa shape index (κ1) is 23.8. The average molecular weight is 461 g/mol. The quantitative estimate of drug-likeness (QED) is 0.427. The van der Waals surface area contributed by atoms with Crippen LogP contribution in [0.5, 0.6) is 5.75 Å². The van der Waals surface area contributed by atoms with E-state index in [2.05, 4.69) is 25.3 Å². The van der Waals surface area contributed by atoms with Crippen molar-refractivity contribution in [3.05, 3.63) is 87.3 Å². The van der Waals surface area contributed by atoms with E-state index in [0.717, 1.165) is 29.8 Å². The number of aryl methyl sites for hydroxylation is 2. The van der Waals surface area contributed by atoms with Crippen molar-refractivity contribution in [2.75, 3.05) is 32.8 Å². The molecule has 0 saturated heterocycles. The summed E-state index contributed by atoms with van der Waals surface area (Å²) in [6.45, 7) is 15.2. The summed E-state index contributed by atoms with van der Waals surface area (Å²) in [5.41, 5.74) is 3.56. The van der Waals surface area contributed by atoms with Crippen molar-refractivity contribution in [2.45, 2.75) is 33.7 Å². The van der Waals surface area contributed by atoms with Crippen LogP contribution >= 0.6 is 0 Å². The number of carbonyl (C=O) groups is 1. The fraction of sp³-hybridized carbons (Fsp3) is 0.357. The number of ether oxygens (including phenoxy) is 1. The minimum absolute atomic E-state index is 0.141. The maximum Gasteiger partial charge on any atom is 0.290 e. The van der Waals surface area contributed by atoms with Crippen molar-refractivity contribution >= 4 is 16.9 Å². The van der Waals surface area contributed by atoms with E-state index in [0.29, 0.717) is 42.0 Å². The van der Waals surface area contributed by atoms with Gasteiger partial charge >= 0.3 is 0 Å². The maximum absolute atomic E-state index is 13.8. The first-order valence-corrected chi connectivity index (χ1v) is 11.8. The van der Waals surface area contributed by atoms with E-state index < -0.39 is 6.04 Å². The normalized spacial score (nSPS) is 15.3. The lowest BCUT2D eigenvalue weighted by atomic mass is 9.97. The van der Waals surface area contributed by atoms with Crippen LogP contribution in [0.2, 0.25) is 0 Å². The van der Waals surface area contributed by atoms with Crippen molar-refractivity contribution in [3.8, 4) is 5.75 Å². The van der Waals surface area contributed by atoms with Crippen molar-refractivity contribution in [3.63, 3.8) is 0 Å². The van der Waals surface area contributed by atoms with E-state index in [1.165, 1.54) is 0 Å². The molecule has 2 heterocycles. The first-order valence-electron chi connectivity index (χ1n) is 11.8. The summed E-state index contributed by atoms with van der Waals surface area (Å²) in [5.74, 6) is 0.558. The third-order valence-corrected chi connectivity index (χ3v) is 6.68. The third-order valence-electron chi connectivity index (χ3n) is 6.68. The van der Waals surface area contributed by atoms with Gasteiger partial charge in [-0.3, -0.25) is 9.59 Å². The number of hydrogen-bond acceptors (Lipinski definition) is 5. The van der Waals surface area contributed by atoms with Gasteiger partial charge in [0.15, 0.2) is 5.43 Å². The largest absolute Gasteiger partial charge is 0.490 e. The van der Waals surface area contributed by atoms with E-state index in [1.807, 2.05) is 50.2 Å². The van der Waals surface area contributed by atoms with Gasteiger partial charge in [-0.1, -0.05) is 38.6 Å². The van der Waals surface area contributed by atoms with Crippen molar-refractivity contribution in [1.82, 2.24) is 9.80 Å². The fourth-order valence-electron chi connectivity index (χ4n) is 4.57. The van der Waals surface area contributed by atoms with Crippen LogP contribution in [0.3, 0.4) is 0 Å². The standard InChI is InChI=1S/C28H32N2O4/c1-6-14-33-21-11-9-10-20(17-21)25-24-26(31)22-15-18(4)19(5)16-23(22)34-27(24)28(32)30(25)13-12-29(7-2)8-3/h6,9-11,15-17,25H,1,7-8,12-14H2,2-5H3. The van der Waals surface area contributed by atoms with Crippen LogP contribution in [0.15, 0.2) is 58.3 Å². The van der Waals surface area contributed by atoms with Crippen LogP contribution in [-0.4, -0.2) is 48.5 Å². The Balaban J connectivity index is 1.87. The van der Waals surface area contributed by atoms with Gasteiger partial charge in [0.05, 0.1) is 17.0 Å². The Labute approximate surface area is 200 Å². The Morgan fingerprint density at radius 3 is 2.56 bits per heavy atom. The summed E-state index contributed by atoms with van der Waals surface area (Å²) in [5, 5.41) is 0.504. The molecule has 6 heteroatoms. The molecule has 1 aliphatic rings. The molecule has 0 N–H and O–H groups in total. The fourth-order valence-corrected chi connectivity index (χ4v) is 4.57. The second-order valence-corrected chi connectivity index (χ2v) is 8.71. The highest BCUT2D eigenvalue weighted by Gasteiger charge is 2.42. The highest BCUT2D eigenvalue weighted by atomic mass is 16.5. The molecule has 34 heavy (non-hydrogen) atoms. The van der Waals surface area contributed by atoms with Gasteiger partial charge in [-0.05, 0) is 67.9 Å². The van der Waals surface area contributed by atoms with Crippen LogP contribution < -0.4 is 10.2 Å². The van der Waals surface area contributed by atoms with Crippen molar-refractivity contribution < 1.29 is 13.9 Å². The van der Waals surface area contributed by atoms with E-state index in [4.69, 9.17) is 9.15 Å². The highest BCUT2D eigenvalue weighted by Crippen LogP contribution is 2.39. The van der Waals surface area contributed by atoms with E-state index in [1.54, 1.807) is 11.0 Å². The molecule has 4 rings (SSSR count). The summed E-state index contributed by atoms with van der Waals surface area (Å²) in [4.78, 5) is 31.4. The molecule has 0 fully saturated rings. The molecule has 1 aromatic heterocycles. The molecule has 0 bridgehead atoms. The molecule has 0 spiro atoms. The van der Waals surface area contributed by atoms with Gasteiger partial charge in [-0.25, -0.2) is 0 Å². The van der Waals surface area contributed by atoms with Gasteiger partial charge in [0, 0.05) is 13.1 Å². The number of hydrogen-bond donors (Lipinski definition) is 0. The monoisotopic (exact) mass is 460 g/mol. The minimum atomic E-state index is -0.535. The zero-order chi connectivity index (χ0) is 24.4. The Hall–Kier alpha value is -3.38. The minimum Gasteiger partial charge on any atom is -0.490 e. The molecule has 6 nitrogen and oxygen atoms in total. The molecule has 1 amide bonds. The number of nitrogens with zero attached hydrogens (tertiary/aromatic N) is 2. The SMILES string of the molecule is C=CCOc1cccc(C2c3c(oc4cc(C)c(C)cc4c3=O)C(=O)N2CCN(CC)CC)c1. The second kappa shape index (κ2) is 9.85. The highest BCUT2D eigenvalue weighted by molar-refractivity contribution is 5.99. The number of likely N-dealkylation sites (N-methyl/N-ethyl adjacent to an activating group) is 1. The topological polar surface area (TPSA) is 63.0 Å². The molecule has 2 aromatic carbocycles. The number of rotatable bonds is 9. The lowest BCUT2D eigenvalue weighted by Gasteiger charge is -2.28. The zero-order valence-electron chi connectivity index (χ0n) is 20.4. The smallest absolute Gasteiger partial charge is 0.290 e. The van der Waals surface area contributed by atoms with Crippen LogP contribution in [0.4, 0.5) is 0 Å². The Morgan fingerprint density at radius 1 is 1.12 bits per heavy atom. The molecule has 0 radical (unpaired) electrons. The van der Waals surface area contributed by atoms with Crippen LogP contribution in [0, 0.1) is 13.8 Å².